The zero-order chi connectivity index (χ0) is 17.5. The van der Waals surface area contributed by atoms with Crippen molar-refractivity contribution in [1.29, 1.82) is 0 Å². The Bertz CT molecular complexity index is 679. The van der Waals surface area contributed by atoms with Crippen LogP contribution in [0.2, 0.25) is 5.02 Å². The number of methoxy groups -OCH3 is 1. The quantitative estimate of drug-likeness (QED) is 0.762. The number of hydrogen-bond donors (Lipinski definition) is 2. The van der Waals surface area contributed by atoms with E-state index in [1.165, 1.54) is 12.1 Å². The van der Waals surface area contributed by atoms with Crippen LogP contribution in [0.25, 0.3) is 0 Å². The number of para-hydroxylation sites is 1. The first-order valence-corrected chi connectivity index (χ1v) is 8.00. The first-order chi connectivity index (χ1) is 11.5. The number of rotatable bonds is 8. The van der Waals surface area contributed by atoms with Crippen molar-refractivity contribution >= 4 is 11.6 Å². The van der Waals surface area contributed by atoms with Crippen molar-refractivity contribution in [3.05, 3.63) is 58.4 Å². The highest BCUT2D eigenvalue weighted by molar-refractivity contribution is 6.31. The lowest BCUT2D eigenvalue weighted by Crippen LogP contribution is -2.24. The van der Waals surface area contributed by atoms with Crippen LogP contribution < -0.4 is 14.8 Å². The molecule has 0 saturated heterocycles. The summed E-state index contributed by atoms with van der Waals surface area (Å²) in [6.45, 7) is 2.91. The molecule has 2 aromatic carbocycles. The second-order valence-corrected chi connectivity index (χ2v) is 5.86. The number of benzene rings is 2. The van der Waals surface area contributed by atoms with E-state index in [1.54, 1.807) is 26.2 Å². The van der Waals surface area contributed by atoms with Gasteiger partial charge in [-0.3, -0.25) is 0 Å². The molecule has 0 spiro atoms. The summed E-state index contributed by atoms with van der Waals surface area (Å²) in [5.41, 5.74) is 1.58. The molecular formula is C18H21ClFNO3. The third kappa shape index (κ3) is 5.09. The Morgan fingerprint density at radius 1 is 1.25 bits per heavy atom. The summed E-state index contributed by atoms with van der Waals surface area (Å²) in [7, 11) is 1.57. The fourth-order valence-corrected chi connectivity index (χ4v) is 2.45. The lowest BCUT2D eigenvalue weighted by molar-refractivity contribution is 0.190. The van der Waals surface area contributed by atoms with Gasteiger partial charge in [0.1, 0.15) is 12.4 Å². The van der Waals surface area contributed by atoms with E-state index in [9.17, 15) is 9.50 Å². The number of aliphatic hydroxyl groups excluding tert-OH is 1. The Balaban J connectivity index is 2.14. The number of nitrogens with one attached hydrogen (secondary N) is 1. The third-order valence-corrected chi connectivity index (χ3v) is 3.77. The van der Waals surface area contributed by atoms with E-state index in [1.807, 2.05) is 12.1 Å². The van der Waals surface area contributed by atoms with E-state index in [-0.39, 0.29) is 12.4 Å². The van der Waals surface area contributed by atoms with E-state index in [4.69, 9.17) is 21.1 Å². The monoisotopic (exact) mass is 353 g/mol. The van der Waals surface area contributed by atoms with Crippen molar-refractivity contribution in [2.75, 3.05) is 13.7 Å². The molecule has 1 atom stereocenters. The smallest absolute Gasteiger partial charge is 0.166 e. The molecule has 4 nitrogen and oxygen atoms in total. The van der Waals surface area contributed by atoms with E-state index in [0.717, 1.165) is 5.56 Å². The largest absolute Gasteiger partial charge is 0.493 e. The summed E-state index contributed by atoms with van der Waals surface area (Å²) in [4.78, 5) is 0. The Hall–Kier alpha value is -1.82. The average molecular weight is 354 g/mol. The molecule has 0 unspecified atom stereocenters. The van der Waals surface area contributed by atoms with Crippen LogP contribution in [0.4, 0.5) is 4.39 Å². The van der Waals surface area contributed by atoms with E-state index < -0.39 is 6.10 Å². The van der Waals surface area contributed by atoms with Gasteiger partial charge in [-0.25, -0.2) is 4.39 Å². The molecule has 2 aromatic rings. The lowest BCUT2D eigenvalue weighted by atomic mass is 10.1. The minimum Gasteiger partial charge on any atom is -0.493 e. The maximum Gasteiger partial charge on any atom is 0.166 e. The van der Waals surface area contributed by atoms with Crippen LogP contribution in [0, 0.1) is 5.82 Å². The van der Waals surface area contributed by atoms with Gasteiger partial charge >= 0.3 is 0 Å². The highest BCUT2D eigenvalue weighted by Crippen LogP contribution is 2.32. The molecule has 24 heavy (non-hydrogen) atoms. The lowest BCUT2D eigenvalue weighted by Gasteiger charge is -2.16. The number of halogens is 2. The summed E-state index contributed by atoms with van der Waals surface area (Å²) in [5.74, 6) is 0.812. The molecule has 0 aliphatic rings. The maximum absolute atomic E-state index is 13.1. The fraction of sp³-hybridized carbons (Fsp3) is 0.333. The van der Waals surface area contributed by atoms with Gasteiger partial charge in [0.05, 0.1) is 18.2 Å². The van der Waals surface area contributed by atoms with Crippen molar-refractivity contribution < 1.29 is 19.0 Å². The second-order valence-electron chi connectivity index (χ2n) is 5.45. The summed E-state index contributed by atoms with van der Waals surface area (Å²) in [6.07, 6.45) is -0.432. The van der Waals surface area contributed by atoms with Gasteiger partial charge in [0.25, 0.3) is 0 Å². The zero-order valence-corrected chi connectivity index (χ0v) is 14.4. The maximum atomic E-state index is 13.1. The van der Waals surface area contributed by atoms with Crippen molar-refractivity contribution in [1.82, 2.24) is 5.32 Å². The molecule has 0 aromatic heterocycles. The summed E-state index contributed by atoms with van der Waals surface area (Å²) in [6, 6.07) is 9.79. The van der Waals surface area contributed by atoms with Crippen LogP contribution in [0.5, 0.6) is 11.5 Å². The molecule has 0 saturated carbocycles. The summed E-state index contributed by atoms with van der Waals surface area (Å²) < 4.78 is 24.4. The molecule has 0 radical (unpaired) electrons. The van der Waals surface area contributed by atoms with Gasteiger partial charge in [0, 0.05) is 24.2 Å². The Morgan fingerprint density at radius 3 is 2.71 bits per heavy atom. The molecule has 6 heteroatoms. The van der Waals surface area contributed by atoms with Crippen LogP contribution in [0.3, 0.4) is 0 Å². The minimum atomic E-state index is -0.432. The Morgan fingerprint density at radius 2 is 2.04 bits per heavy atom. The predicted octanol–water partition coefficient (Wildman–Crippen LogP) is 3.54. The van der Waals surface area contributed by atoms with Gasteiger partial charge in [-0.1, -0.05) is 29.8 Å². The average Bonchev–Trinajstić information content (AvgIpc) is 2.54. The Labute approximate surface area is 146 Å². The summed E-state index contributed by atoms with van der Waals surface area (Å²) >= 11 is 6.04. The third-order valence-electron chi connectivity index (χ3n) is 3.42. The first-order valence-electron chi connectivity index (χ1n) is 7.62. The van der Waals surface area contributed by atoms with Crippen LogP contribution in [-0.2, 0) is 13.2 Å². The zero-order valence-electron chi connectivity index (χ0n) is 13.7. The second kappa shape index (κ2) is 8.87. The van der Waals surface area contributed by atoms with Crippen molar-refractivity contribution in [2.24, 2.45) is 0 Å². The molecule has 0 aliphatic heterocycles. The van der Waals surface area contributed by atoms with Gasteiger partial charge in [0.2, 0.25) is 0 Å². The molecule has 2 rings (SSSR count). The van der Waals surface area contributed by atoms with Crippen LogP contribution >= 0.6 is 11.6 Å². The summed E-state index contributed by atoms with van der Waals surface area (Å²) in [5, 5.41) is 12.8. The van der Waals surface area contributed by atoms with Gasteiger partial charge in [-0.15, -0.1) is 0 Å². The van der Waals surface area contributed by atoms with Crippen molar-refractivity contribution in [3.63, 3.8) is 0 Å². The van der Waals surface area contributed by atoms with Gasteiger partial charge < -0.3 is 19.9 Å². The predicted molar refractivity (Wildman–Crippen MR) is 92.1 cm³/mol. The number of ether oxygens (including phenoxy) is 2. The fourth-order valence-electron chi connectivity index (χ4n) is 2.23. The van der Waals surface area contributed by atoms with Gasteiger partial charge in [-0.2, -0.15) is 0 Å². The molecule has 0 heterocycles. The van der Waals surface area contributed by atoms with Gasteiger partial charge in [-0.05, 0) is 25.1 Å². The molecular weight excluding hydrogens is 333 g/mol. The molecule has 130 valence electrons. The highest BCUT2D eigenvalue weighted by Gasteiger charge is 2.12. The standard InChI is InChI=1S/C18H21ClFNO3/c1-12(22)9-21-10-13-4-3-5-17(23-2)18(13)24-11-14-6-7-15(20)8-16(14)19/h3-8,12,21-22H,9-11H2,1-2H3/t12-/m0/s1. The van der Waals surface area contributed by atoms with Gasteiger partial charge in [0.15, 0.2) is 11.5 Å². The molecule has 0 fully saturated rings. The normalized spacial score (nSPS) is 12.0. The molecule has 0 bridgehead atoms. The van der Waals surface area contributed by atoms with E-state index in [2.05, 4.69) is 5.32 Å². The van der Waals surface area contributed by atoms with Crippen LogP contribution in [-0.4, -0.2) is 24.9 Å². The number of hydrogen-bond acceptors (Lipinski definition) is 4. The highest BCUT2D eigenvalue weighted by atomic mass is 35.5. The van der Waals surface area contributed by atoms with E-state index in [0.29, 0.717) is 35.2 Å². The molecule has 2 N–H and O–H groups in total. The SMILES string of the molecule is COc1cccc(CNC[C@H](C)O)c1OCc1ccc(F)cc1Cl. The van der Waals surface area contributed by atoms with Crippen LogP contribution in [0.1, 0.15) is 18.1 Å². The molecule has 0 amide bonds. The molecule has 0 aliphatic carbocycles. The van der Waals surface area contributed by atoms with Crippen LogP contribution in [0.15, 0.2) is 36.4 Å². The van der Waals surface area contributed by atoms with E-state index >= 15 is 0 Å². The Kier molecular flexibility index (Phi) is 6.85. The number of aliphatic hydroxyl groups is 1. The van der Waals surface area contributed by atoms with Crippen molar-refractivity contribution in [2.45, 2.75) is 26.2 Å². The topological polar surface area (TPSA) is 50.7 Å². The minimum absolute atomic E-state index is 0.197. The first kappa shape index (κ1) is 18.5. The van der Waals surface area contributed by atoms with Crippen molar-refractivity contribution in [3.8, 4) is 11.5 Å².